The van der Waals surface area contributed by atoms with Crippen LogP contribution in [0, 0.1) is 5.82 Å². The molecule has 0 aliphatic heterocycles. The molecular formula is C25H20Cl2FN3O2. The molecule has 1 aromatic heterocycles. The minimum Gasteiger partial charge on any atom is -0.480 e. The molecule has 0 saturated heterocycles. The van der Waals surface area contributed by atoms with E-state index in [1.54, 1.807) is 33.8 Å². The molecule has 0 saturated carbocycles. The predicted molar refractivity (Wildman–Crippen MR) is 127 cm³/mol. The number of benzene rings is 3. The fraction of sp³-hybridized carbons (Fsp3) is 0.120. The molecule has 0 fully saturated rings. The number of carboxylic acids is 1. The number of hydrogen-bond acceptors (Lipinski definition) is 3. The maximum Gasteiger partial charge on any atom is 0.317 e. The standard InChI is InChI=1S/C25H20Cl2FN3O2/c26-19-9-11-21(12-10-19)31-25(27)22(24(29-31)18-6-2-1-3-7-18)15-30(16-23(32)33)14-17-5-4-8-20(28)13-17/h1-13H,14-16H2,(H,32,33). The van der Waals surface area contributed by atoms with Gasteiger partial charge in [0, 0.05) is 29.2 Å². The molecule has 0 radical (unpaired) electrons. The maximum atomic E-state index is 13.7. The number of carbonyl (C=O) groups is 1. The van der Waals surface area contributed by atoms with E-state index in [0.717, 1.165) is 11.3 Å². The Morgan fingerprint density at radius 2 is 1.70 bits per heavy atom. The van der Waals surface area contributed by atoms with Gasteiger partial charge in [-0.25, -0.2) is 9.07 Å². The van der Waals surface area contributed by atoms with Crippen LogP contribution in [0.5, 0.6) is 0 Å². The Bertz CT molecular complexity index is 1260. The van der Waals surface area contributed by atoms with Crippen molar-refractivity contribution in [3.63, 3.8) is 0 Å². The molecular weight excluding hydrogens is 464 g/mol. The van der Waals surface area contributed by atoms with Gasteiger partial charge in [-0.3, -0.25) is 9.69 Å². The lowest BCUT2D eigenvalue weighted by Crippen LogP contribution is -2.29. The second-order valence-electron chi connectivity index (χ2n) is 7.54. The highest BCUT2D eigenvalue weighted by Crippen LogP contribution is 2.32. The topological polar surface area (TPSA) is 58.4 Å². The van der Waals surface area contributed by atoms with Crippen LogP contribution >= 0.6 is 23.2 Å². The molecule has 8 heteroatoms. The number of nitrogens with zero attached hydrogens (tertiary/aromatic N) is 3. The van der Waals surface area contributed by atoms with Crippen molar-refractivity contribution in [3.05, 3.63) is 106 Å². The molecule has 1 heterocycles. The molecule has 3 aromatic carbocycles. The molecule has 0 atom stereocenters. The number of halogens is 3. The Hall–Kier alpha value is -3.19. The highest BCUT2D eigenvalue weighted by Gasteiger charge is 2.22. The summed E-state index contributed by atoms with van der Waals surface area (Å²) in [4.78, 5) is 13.3. The molecule has 5 nitrogen and oxygen atoms in total. The number of carboxylic acid groups (broad SMARTS) is 1. The van der Waals surface area contributed by atoms with Crippen molar-refractivity contribution in [3.8, 4) is 16.9 Å². The van der Waals surface area contributed by atoms with Gasteiger partial charge in [-0.1, -0.05) is 65.7 Å². The van der Waals surface area contributed by atoms with Gasteiger partial charge in [0.2, 0.25) is 0 Å². The summed E-state index contributed by atoms with van der Waals surface area (Å²) >= 11 is 12.8. The van der Waals surface area contributed by atoms with Crippen LogP contribution in [-0.4, -0.2) is 32.3 Å². The second-order valence-corrected chi connectivity index (χ2v) is 8.34. The highest BCUT2D eigenvalue weighted by atomic mass is 35.5. The lowest BCUT2D eigenvalue weighted by atomic mass is 10.1. The third-order valence-corrected chi connectivity index (χ3v) is 5.72. The van der Waals surface area contributed by atoms with Gasteiger partial charge in [-0.05, 0) is 42.0 Å². The third-order valence-electron chi connectivity index (χ3n) is 5.08. The normalized spacial score (nSPS) is 11.2. The molecule has 0 amide bonds. The quantitative estimate of drug-likeness (QED) is 0.330. The van der Waals surface area contributed by atoms with Gasteiger partial charge in [0.05, 0.1) is 17.9 Å². The Morgan fingerprint density at radius 3 is 2.36 bits per heavy atom. The van der Waals surface area contributed by atoms with Gasteiger partial charge < -0.3 is 5.11 Å². The van der Waals surface area contributed by atoms with Crippen LogP contribution in [-0.2, 0) is 17.9 Å². The molecule has 0 unspecified atom stereocenters. The molecule has 33 heavy (non-hydrogen) atoms. The van der Waals surface area contributed by atoms with E-state index in [-0.39, 0.29) is 25.5 Å². The first-order valence-electron chi connectivity index (χ1n) is 10.2. The molecule has 168 valence electrons. The van der Waals surface area contributed by atoms with Crippen LogP contribution in [0.4, 0.5) is 4.39 Å². The van der Waals surface area contributed by atoms with E-state index in [1.807, 2.05) is 42.5 Å². The van der Waals surface area contributed by atoms with E-state index in [0.29, 0.717) is 27.0 Å². The lowest BCUT2D eigenvalue weighted by molar-refractivity contribution is -0.138. The van der Waals surface area contributed by atoms with Gasteiger partial charge in [0.1, 0.15) is 11.0 Å². The van der Waals surface area contributed by atoms with Crippen LogP contribution in [0.15, 0.2) is 78.9 Å². The van der Waals surface area contributed by atoms with Crippen molar-refractivity contribution in [2.45, 2.75) is 13.1 Å². The molecule has 0 bridgehead atoms. The summed E-state index contributed by atoms with van der Waals surface area (Å²) in [6, 6.07) is 22.8. The Morgan fingerprint density at radius 1 is 0.970 bits per heavy atom. The maximum absolute atomic E-state index is 13.7. The first-order chi connectivity index (χ1) is 15.9. The van der Waals surface area contributed by atoms with Crippen molar-refractivity contribution >= 4 is 29.2 Å². The average molecular weight is 484 g/mol. The Balaban J connectivity index is 1.76. The molecule has 1 N–H and O–H groups in total. The van der Waals surface area contributed by atoms with Gasteiger partial charge in [0.15, 0.2) is 0 Å². The Kier molecular flexibility index (Phi) is 7.08. The zero-order chi connectivity index (χ0) is 23.4. The molecule has 4 rings (SSSR count). The van der Waals surface area contributed by atoms with Crippen LogP contribution in [0.25, 0.3) is 16.9 Å². The molecule has 0 aliphatic carbocycles. The van der Waals surface area contributed by atoms with Crippen LogP contribution in [0.2, 0.25) is 10.2 Å². The van der Waals surface area contributed by atoms with Gasteiger partial charge in [-0.15, -0.1) is 0 Å². The predicted octanol–water partition coefficient (Wildman–Crippen LogP) is 6.07. The summed E-state index contributed by atoms with van der Waals surface area (Å²) in [5, 5.41) is 15.2. The largest absolute Gasteiger partial charge is 0.480 e. The summed E-state index contributed by atoms with van der Waals surface area (Å²) in [5.41, 5.74) is 3.56. The number of rotatable bonds is 8. The first-order valence-corrected chi connectivity index (χ1v) is 10.9. The fourth-order valence-corrected chi connectivity index (χ4v) is 4.04. The van der Waals surface area contributed by atoms with E-state index in [2.05, 4.69) is 0 Å². The summed E-state index contributed by atoms with van der Waals surface area (Å²) in [6.07, 6.45) is 0. The van der Waals surface area contributed by atoms with Crippen molar-refractivity contribution in [1.82, 2.24) is 14.7 Å². The third kappa shape index (κ3) is 5.60. The van der Waals surface area contributed by atoms with Gasteiger partial charge in [-0.2, -0.15) is 5.10 Å². The van der Waals surface area contributed by atoms with E-state index in [9.17, 15) is 14.3 Å². The number of aromatic nitrogens is 2. The molecule has 4 aromatic rings. The van der Waals surface area contributed by atoms with E-state index in [1.165, 1.54) is 12.1 Å². The summed E-state index contributed by atoms with van der Waals surface area (Å²) in [6.45, 7) is 0.202. The Labute approximate surface area is 200 Å². The van der Waals surface area contributed by atoms with E-state index >= 15 is 0 Å². The minimum atomic E-state index is -0.992. The average Bonchev–Trinajstić information content (AvgIpc) is 3.10. The smallest absolute Gasteiger partial charge is 0.317 e. The minimum absolute atomic E-state index is 0.208. The SMILES string of the molecule is O=C(O)CN(Cc1cccc(F)c1)Cc1c(-c2ccccc2)nn(-c2ccc(Cl)cc2)c1Cl. The van der Waals surface area contributed by atoms with Crippen molar-refractivity contribution in [1.29, 1.82) is 0 Å². The number of aliphatic carboxylic acids is 1. The second kappa shape index (κ2) is 10.2. The summed E-state index contributed by atoms with van der Waals surface area (Å²) in [7, 11) is 0. The summed E-state index contributed by atoms with van der Waals surface area (Å²) in [5.74, 6) is -1.37. The molecule has 0 aliphatic rings. The van der Waals surface area contributed by atoms with Crippen LogP contribution in [0.1, 0.15) is 11.1 Å². The van der Waals surface area contributed by atoms with Gasteiger partial charge >= 0.3 is 5.97 Å². The number of hydrogen-bond donors (Lipinski definition) is 1. The monoisotopic (exact) mass is 483 g/mol. The zero-order valence-electron chi connectivity index (χ0n) is 17.5. The van der Waals surface area contributed by atoms with Crippen LogP contribution in [0.3, 0.4) is 0 Å². The molecule has 0 spiro atoms. The lowest BCUT2D eigenvalue weighted by Gasteiger charge is -2.21. The van der Waals surface area contributed by atoms with Crippen molar-refractivity contribution in [2.24, 2.45) is 0 Å². The van der Waals surface area contributed by atoms with E-state index in [4.69, 9.17) is 28.3 Å². The van der Waals surface area contributed by atoms with Crippen LogP contribution < -0.4 is 0 Å². The fourth-order valence-electron chi connectivity index (χ4n) is 3.63. The first kappa shape index (κ1) is 23.0. The summed E-state index contributed by atoms with van der Waals surface area (Å²) < 4.78 is 15.3. The van der Waals surface area contributed by atoms with Crippen molar-refractivity contribution in [2.75, 3.05) is 6.54 Å². The van der Waals surface area contributed by atoms with Gasteiger partial charge in [0.25, 0.3) is 0 Å². The van der Waals surface area contributed by atoms with Crippen molar-refractivity contribution < 1.29 is 14.3 Å². The van der Waals surface area contributed by atoms with E-state index < -0.39 is 5.97 Å². The zero-order valence-corrected chi connectivity index (χ0v) is 19.0. The highest BCUT2D eigenvalue weighted by molar-refractivity contribution is 6.31.